The third kappa shape index (κ3) is 2.51. The molecule has 1 unspecified atom stereocenters. The third-order valence-corrected chi connectivity index (χ3v) is 3.82. The lowest BCUT2D eigenvalue weighted by atomic mass is 10.1. The number of furan rings is 1. The van der Waals surface area contributed by atoms with Crippen molar-refractivity contribution in [2.45, 2.75) is 6.04 Å². The summed E-state index contributed by atoms with van der Waals surface area (Å²) in [5, 5.41) is 1.09. The van der Waals surface area contributed by atoms with Gasteiger partial charge in [-0.25, -0.2) is 5.43 Å². The average Bonchev–Trinajstić information content (AvgIpc) is 2.85. The third-order valence-electron chi connectivity index (χ3n) is 3.10. The van der Waals surface area contributed by atoms with Crippen LogP contribution in [0, 0.1) is 3.57 Å². The van der Waals surface area contributed by atoms with Crippen molar-refractivity contribution < 1.29 is 4.42 Å². The van der Waals surface area contributed by atoms with Crippen molar-refractivity contribution in [2.24, 2.45) is 5.84 Å². The first-order valence-electron chi connectivity index (χ1n) is 5.98. The van der Waals surface area contributed by atoms with Gasteiger partial charge in [-0.1, -0.05) is 30.3 Å². The summed E-state index contributed by atoms with van der Waals surface area (Å²) < 4.78 is 7.06. The minimum absolute atomic E-state index is 0.135. The standard InChI is InChI=1S/C15H13IN2O/c16-12-7-5-10(6-8-12)15(18-17)14-9-11-3-1-2-4-13(11)19-14/h1-9,15,18H,17H2. The van der Waals surface area contributed by atoms with Crippen LogP contribution in [0.1, 0.15) is 17.4 Å². The van der Waals surface area contributed by atoms with Gasteiger partial charge in [-0.2, -0.15) is 0 Å². The molecule has 3 rings (SSSR count). The quantitative estimate of drug-likeness (QED) is 0.424. The van der Waals surface area contributed by atoms with E-state index in [1.165, 1.54) is 3.57 Å². The van der Waals surface area contributed by atoms with Crippen molar-refractivity contribution in [3.05, 3.63) is 69.5 Å². The molecular formula is C15H13IN2O. The van der Waals surface area contributed by atoms with Crippen LogP contribution in [0.3, 0.4) is 0 Å². The van der Waals surface area contributed by atoms with E-state index in [1.54, 1.807) is 0 Å². The van der Waals surface area contributed by atoms with E-state index in [2.05, 4.69) is 52.3 Å². The molecule has 19 heavy (non-hydrogen) atoms. The summed E-state index contributed by atoms with van der Waals surface area (Å²) >= 11 is 2.28. The molecule has 1 atom stereocenters. The summed E-state index contributed by atoms with van der Waals surface area (Å²) in [4.78, 5) is 0. The van der Waals surface area contributed by atoms with Crippen molar-refractivity contribution in [3.8, 4) is 0 Å². The van der Waals surface area contributed by atoms with Gasteiger partial charge < -0.3 is 4.42 Å². The van der Waals surface area contributed by atoms with Crippen LogP contribution in [0.15, 0.2) is 59.0 Å². The Hall–Kier alpha value is -1.37. The molecule has 0 bridgehead atoms. The van der Waals surface area contributed by atoms with Crippen molar-refractivity contribution in [2.75, 3.05) is 0 Å². The van der Waals surface area contributed by atoms with Crippen molar-refractivity contribution in [1.82, 2.24) is 5.43 Å². The Kier molecular flexibility index (Phi) is 3.54. The van der Waals surface area contributed by atoms with Crippen LogP contribution in [-0.4, -0.2) is 0 Å². The topological polar surface area (TPSA) is 51.2 Å². The number of hydrazine groups is 1. The zero-order chi connectivity index (χ0) is 13.2. The molecule has 2 aromatic carbocycles. The van der Waals surface area contributed by atoms with Gasteiger partial charge in [0, 0.05) is 8.96 Å². The number of para-hydroxylation sites is 1. The molecule has 1 heterocycles. The Bertz CT molecular complexity index is 658. The summed E-state index contributed by atoms with van der Waals surface area (Å²) in [7, 11) is 0. The minimum Gasteiger partial charge on any atom is -0.459 e. The maximum atomic E-state index is 5.86. The molecule has 0 fully saturated rings. The molecule has 96 valence electrons. The molecule has 1 aromatic heterocycles. The molecule has 0 radical (unpaired) electrons. The zero-order valence-electron chi connectivity index (χ0n) is 10.1. The van der Waals surface area contributed by atoms with Gasteiger partial charge in [-0.3, -0.25) is 5.84 Å². The van der Waals surface area contributed by atoms with Crippen LogP contribution in [0.2, 0.25) is 0 Å². The number of nitrogens with two attached hydrogens (primary N) is 1. The number of fused-ring (bicyclic) bond motifs is 1. The maximum absolute atomic E-state index is 5.86. The fraction of sp³-hybridized carbons (Fsp3) is 0.0667. The normalized spacial score (nSPS) is 12.7. The molecule has 3 aromatic rings. The number of halogens is 1. The van der Waals surface area contributed by atoms with Crippen LogP contribution in [0.5, 0.6) is 0 Å². The lowest BCUT2D eigenvalue weighted by Crippen LogP contribution is -2.28. The largest absolute Gasteiger partial charge is 0.459 e. The number of nitrogens with one attached hydrogen (secondary N) is 1. The molecule has 0 aliphatic rings. The first-order valence-corrected chi connectivity index (χ1v) is 7.06. The second-order valence-corrected chi connectivity index (χ2v) is 5.58. The van der Waals surface area contributed by atoms with E-state index >= 15 is 0 Å². The molecule has 3 N–H and O–H groups in total. The summed E-state index contributed by atoms with van der Waals surface area (Å²) in [5.74, 6) is 6.51. The molecule has 4 heteroatoms. The second kappa shape index (κ2) is 5.32. The Balaban J connectivity index is 2.04. The highest BCUT2D eigenvalue weighted by Gasteiger charge is 2.16. The van der Waals surface area contributed by atoms with Gasteiger partial charge in [0.25, 0.3) is 0 Å². The van der Waals surface area contributed by atoms with Gasteiger partial charge in [0.2, 0.25) is 0 Å². The van der Waals surface area contributed by atoms with Crippen LogP contribution < -0.4 is 11.3 Å². The van der Waals surface area contributed by atoms with E-state index in [9.17, 15) is 0 Å². The Morgan fingerprint density at radius 1 is 1.05 bits per heavy atom. The Morgan fingerprint density at radius 3 is 2.47 bits per heavy atom. The van der Waals surface area contributed by atoms with Gasteiger partial charge in [0.1, 0.15) is 17.4 Å². The average molecular weight is 364 g/mol. The molecule has 3 nitrogen and oxygen atoms in total. The van der Waals surface area contributed by atoms with E-state index < -0.39 is 0 Å². The minimum atomic E-state index is -0.135. The Morgan fingerprint density at radius 2 is 1.79 bits per heavy atom. The van der Waals surface area contributed by atoms with E-state index in [-0.39, 0.29) is 6.04 Å². The highest BCUT2D eigenvalue weighted by atomic mass is 127. The Labute approximate surface area is 124 Å². The van der Waals surface area contributed by atoms with Gasteiger partial charge in [0.05, 0.1) is 0 Å². The zero-order valence-corrected chi connectivity index (χ0v) is 12.3. The summed E-state index contributed by atoms with van der Waals surface area (Å²) in [6.07, 6.45) is 0. The predicted octanol–water partition coefficient (Wildman–Crippen LogP) is 3.59. The number of hydrogen-bond donors (Lipinski definition) is 2. The summed E-state index contributed by atoms with van der Waals surface area (Å²) in [5.41, 5.74) is 4.78. The van der Waals surface area contributed by atoms with Gasteiger partial charge in [0.15, 0.2) is 0 Å². The van der Waals surface area contributed by atoms with Crippen molar-refractivity contribution >= 4 is 33.6 Å². The first kappa shape index (κ1) is 12.7. The smallest absolute Gasteiger partial charge is 0.134 e. The SMILES string of the molecule is NNC(c1ccc(I)cc1)c1cc2ccccc2o1. The van der Waals surface area contributed by atoms with E-state index in [1.807, 2.05) is 30.3 Å². The maximum Gasteiger partial charge on any atom is 0.134 e. The van der Waals surface area contributed by atoms with Gasteiger partial charge in [-0.05, 0) is 52.4 Å². The fourth-order valence-electron chi connectivity index (χ4n) is 2.14. The molecule has 0 saturated heterocycles. The van der Waals surface area contributed by atoms with Crippen LogP contribution in [-0.2, 0) is 0 Å². The fourth-order valence-corrected chi connectivity index (χ4v) is 2.50. The summed E-state index contributed by atoms with van der Waals surface area (Å²) in [6.45, 7) is 0. The molecule has 0 aliphatic carbocycles. The summed E-state index contributed by atoms with van der Waals surface area (Å²) in [6, 6.07) is 18.1. The van der Waals surface area contributed by atoms with Crippen molar-refractivity contribution in [1.29, 1.82) is 0 Å². The monoisotopic (exact) mass is 364 g/mol. The second-order valence-electron chi connectivity index (χ2n) is 4.34. The highest BCUT2D eigenvalue weighted by Crippen LogP contribution is 2.28. The van der Waals surface area contributed by atoms with Crippen molar-refractivity contribution in [3.63, 3.8) is 0 Å². The molecular weight excluding hydrogens is 351 g/mol. The first-order chi connectivity index (χ1) is 9.28. The molecule has 0 spiro atoms. The highest BCUT2D eigenvalue weighted by molar-refractivity contribution is 14.1. The lowest BCUT2D eigenvalue weighted by Gasteiger charge is -2.13. The van der Waals surface area contributed by atoms with E-state index in [0.29, 0.717) is 0 Å². The van der Waals surface area contributed by atoms with E-state index in [0.717, 1.165) is 22.3 Å². The van der Waals surface area contributed by atoms with Crippen LogP contribution in [0.4, 0.5) is 0 Å². The lowest BCUT2D eigenvalue weighted by molar-refractivity contribution is 0.477. The molecule has 0 saturated carbocycles. The van der Waals surface area contributed by atoms with Crippen LogP contribution >= 0.6 is 22.6 Å². The van der Waals surface area contributed by atoms with Gasteiger partial charge >= 0.3 is 0 Å². The number of hydrogen-bond acceptors (Lipinski definition) is 3. The predicted molar refractivity (Wildman–Crippen MR) is 84.5 cm³/mol. The number of rotatable bonds is 3. The molecule has 0 amide bonds. The number of benzene rings is 2. The van der Waals surface area contributed by atoms with Gasteiger partial charge in [-0.15, -0.1) is 0 Å². The molecule has 0 aliphatic heterocycles. The van der Waals surface area contributed by atoms with Crippen LogP contribution in [0.25, 0.3) is 11.0 Å². The van der Waals surface area contributed by atoms with E-state index in [4.69, 9.17) is 10.3 Å².